The normalized spacial score (nSPS) is 38.8. The van der Waals surface area contributed by atoms with Crippen molar-refractivity contribution in [1.29, 1.82) is 0 Å². The quantitative estimate of drug-likeness (QED) is 0.849. The molecule has 1 aromatic rings. The van der Waals surface area contributed by atoms with E-state index in [9.17, 15) is 0 Å². The van der Waals surface area contributed by atoms with Gasteiger partial charge in [0.15, 0.2) is 0 Å². The molecule has 0 saturated heterocycles. The van der Waals surface area contributed by atoms with Gasteiger partial charge in [-0.15, -0.1) is 5.10 Å². The summed E-state index contributed by atoms with van der Waals surface area (Å²) in [7, 11) is 0. The van der Waals surface area contributed by atoms with Crippen LogP contribution in [-0.4, -0.2) is 20.4 Å². The van der Waals surface area contributed by atoms with Crippen molar-refractivity contribution in [3.05, 3.63) is 0 Å². The van der Waals surface area contributed by atoms with Crippen LogP contribution >= 0.6 is 11.8 Å². The van der Waals surface area contributed by atoms with Crippen molar-refractivity contribution in [2.75, 3.05) is 5.73 Å². The van der Waals surface area contributed by atoms with Gasteiger partial charge in [-0.05, 0) is 36.0 Å². The molecule has 4 nitrogen and oxygen atoms in total. The van der Waals surface area contributed by atoms with Gasteiger partial charge in [-0.3, -0.25) is 0 Å². The van der Waals surface area contributed by atoms with E-state index in [2.05, 4.69) is 36.0 Å². The molecule has 3 N–H and O–H groups in total. The molecule has 2 bridgehead atoms. The first-order chi connectivity index (χ1) is 7.93. The predicted octanol–water partition coefficient (Wildman–Crippen LogP) is 2.69. The molecule has 0 amide bonds. The van der Waals surface area contributed by atoms with Crippen molar-refractivity contribution in [2.45, 2.75) is 50.4 Å². The number of nitrogen functional groups attached to an aromatic ring is 1. The van der Waals surface area contributed by atoms with E-state index in [4.69, 9.17) is 5.73 Å². The van der Waals surface area contributed by atoms with E-state index >= 15 is 0 Å². The summed E-state index contributed by atoms with van der Waals surface area (Å²) in [5.41, 5.74) is 6.44. The SMILES string of the molecule is CC1(C)[C@@H]2CC[C@@]1(C)[C@H](Sc1n[nH]c(N)n1)C2. The molecule has 2 aliphatic carbocycles. The Morgan fingerprint density at radius 1 is 1.41 bits per heavy atom. The lowest BCUT2D eigenvalue weighted by Crippen LogP contribution is -2.33. The summed E-state index contributed by atoms with van der Waals surface area (Å²) in [6, 6.07) is 0. The largest absolute Gasteiger partial charge is 0.368 e. The third kappa shape index (κ3) is 1.44. The van der Waals surface area contributed by atoms with Crippen LogP contribution in [0, 0.1) is 16.7 Å². The molecule has 0 spiro atoms. The number of nitrogens with two attached hydrogens (primary N) is 1. The Morgan fingerprint density at radius 2 is 2.18 bits per heavy atom. The lowest BCUT2D eigenvalue weighted by atomic mass is 9.71. The third-order valence-electron chi connectivity index (χ3n) is 5.44. The van der Waals surface area contributed by atoms with E-state index in [1.807, 2.05) is 0 Å². The summed E-state index contributed by atoms with van der Waals surface area (Å²) in [6.45, 7) is 7.29. The number of hydrogen-bond donors (Lipinski definition) is 2. The fourth-order valence-electron chi connectivity index (χ4n) is 3.75. The highest BCUT2D eigenvalue weighted by Crippen LogP contribution is 2.68. The molecule has 0 aromatic carbocycles. The van der Waals surface area contributed by atoms with E-state index in [1.54, 1.807) is 11.8 Å². The number of aromatic nitrogens is 3. The lowest BCUT2D eigenvalue weighted by molar-refractivity contribution is 0.156. The first-order valence-corrected chi connectivity index (χ1v) is 7.16. The maximum atomic E-state index is 5.57. The molecular weight excluding hydrogens is 232 g/mol. The Labute approximate surface area is 106 Å². The van der Waals surface area contributed by atoms with Crippen LogP contribution in [0.3, 0.4) is 0 Å². The lowest BCUT2D eigenvalue weighted by Gasteiger charge is -2.38. The second-order valence-corrected chi connectivity index (χ2v) is 7.39. The van der Waals surface area contributed by atoms with E-state index in [1.165, 1.54) is 19.3 Å². The average Bonchev–Trinajstić information content (AvgIpc) is 2.80. The number of nitrogens with one attached hydrogen (secondary N) is 1. The maximum Gasteiger partial charge on any atom is 0.216 e. The number of thioether (sulfide) groups is 1. The van der Waals surface area contributed by atoms with Crippen molar-refractivity contribution in [2.24, 2.45) is 16.7 Å². The smallest absolute Gasteiger partial charge is 0.216 e. The van der Waals surface area contributed by atoms with Gasteiger partial charge in [0.1, 0.15) is 0 Å². The van der Waals surface area contributed by atoms with E-state index in [0.29, 0.717) is 22.0 Å². The van der Waals surface area contributed by atoms with Crippen LogP contribution in [0.5, 0.6) is 0 Å². The van der Waals surface area contributed by atoms with Crippen molar-refractivity contribution in [3.8, 4) is 0 Å². The summed E-state index contributed by atoms with van der Waals surface area (Å²) < 4.78 is 0. The van der Waals surface area contributed by atoms with Crippen molar-refractivity contribution >= 4 is 17.7 Å². The average molecular weight is 252 g/mol. The highest BCUT2D eigenvalue weighted by molar-refractivity contribution is 7.99. The van der Waals surface area contributed by atoms with Crippen molar-refractivity contribution in [3.63, 3.8) is 0 Å². The Kier molecular flexibility index (Phi) is 2.28. The summed E-state index contributed by atoms with van der Waals surface area (Å²) in [5, 5.41) is 8.29. The summed E-state index contributed by atoms with van der Waals surface area (Å²) >= 11 is 1.80. The molecule has 0 unspecified atom stereocenters. The molecule has 2 aliphatic rings. The molecule has 17 heavy (non-hydrogen) atoms. The summed E-state index contributed by atoms with van der Waals surface area (Å²) in [4.78, 5) is 4.21. The predicted molar refractivity (Wildman–Crippen MR) is 69.7 cm³/mol. The van der Waals surface area contributed by atoms with Gasteiger partial charge < -0.3 is 5.73 Å². The third-order valence-corrected chi connectivity index (χ3v) is 6.83. The monoisotopic (exact) mass is 252 g/mol. The summed E-state index contributed by atoms with van der Waals surface area (Å²) in [6.07, 6.45) is 4.02. The standard InChI is InChI=1S/C12H20N4S/c1-11(2)7-4-5-12(11,3)8(6-7)17-10-14-9(13)15-16-10/h7-8H,4-6H2,1-3H3,(H3,13,14,15,16)/t7-,8-,12+/m1/s1. The molecule has 3 rings (SSSR count). The van der Waals surface area contributed by atoms with Gasteiger partial charge in [-0.1, -0.05) is 32.5 Å². The van der Waals surface area contributed by atoms with Crippen LogP contribution in [0.1, 0.15) is 40.0 Å². The molecule has 1 heterocycles. The topological polar surface area (TPSA) is 67.6 Å². The summed E-state index contributed by atoms with van der Waals surface area (Å²) in [5.74, 6) is 1.28. The van der Waals surface area contributed by atoms with Gasteiger partial charge in [-0.25, -0.2) is 5.10 Å². The van der Waals surface area contributed by atoms with Gasteiger partial charge in [0.05, 0.1) is 0 Å². The van der Waals surface area contributed by atoms with Gasteiger partial charge >= 0.3 is 0 Å². The number of H-pyrrole nitrogens is 1. The van der Waals surface area contributed by atoms with Crippen LogP contribution in [-0.2, 0) is 0 Å². The minimum Gasteiger partial charge on any atom is -0.368 e. The number of fused-ring (bicyclic) bond motifs is 2. The molecular formula is C12H20N4S. The van der Waals surface area contributed by atoms with Crippen LogP contribution in [0.2, 0.25) is 0 Å². The number of rotatable bonds is 2. The van der Waals surface area contributed by atoms with Gasteiger partial charge in [0.2, 0.25) is 11.1 Å². The maximum absolute atomic E-state index is 5.57. The Bertz CT molecular complexity index is 441. The highest BCUT2D eigenvalue weighted by atomic mass is 32.2. The van der Waals surface area contributed by atoms with Crippen LogP contribution in [0.4, 0.5) is 5.95 Å². The minimum absolute atomic E-state index is 0.414. The second-order valence-electron chi connectivity index (χ2n) is 6.22. The number of aromatic amines is 1. The molecule has 2 saturated carbocycles. The molecule has 94 valence electrons. The molecule has 3 atom stereocenters. The fourth-order valence-corrected chi connectivity index (χ4v) is 5.26. The van der Waals surface area contributed by atoms with E-state index in [-0.39, 0.29) is 0 Å². The zero-order valence-corrected chi connectivity index (χ0v) is 11.5. The Balaban J connectivity index is 1.83. The Morgan fingerprint density at radius 3 is 2.65 bits per heavy atom. The van der Waals surface area contributed by atoms with Crippen molar-refractivity contribution < 1.29 is 0 Å². The molecule has 0 aliphatic heterocycles. The number of hydrogen-bond acceptors (Lipinski definition) is 4. The van der Waals surface area contributed by atoms with Gasteiger partial charge in [0, 0.05) is 5.25 Å². The highest BCUT2D eigenvalue weighted by Gasteiger charge is 2.61. The van der Waals surface area contributed by atoms with Crippen LogP contribution < -0.4 is 5.73 Å². The van der Waals surface area contributed by atoms with E-state index in [0.717, 1.165) is 11.1 Å². The first kappa shape index (κ1) is 11.4. The van der Waals surface area contributed by atoms with Gasteiger partial charge in [-0.2, -0.15) is 4.98 Å². The van der Waals surface area contributed by atoms with Crippen LogP contribution in [0.25, 0.3) is 0 Å². The Hall–Kier alpha value is -0.710. The van der Waals surface area contributed by atoms with Crippen molar-refractivity contribution in [1.82, 2.24) is 15.2 Å². The zero-order chi connectivity index (χ0) is 12.3. The van der Waals surface area contributed by atoms with Crippen LogP contribution in [0.15, 0.2) is 5.16 Å². The first-order valence-electron chi connectivity index (χ1n) is 6.28. The minimum atomic E-state index is 0.414. The number of anilines is 1. The number of nitrogens with zero attached hydrogens (tertiary/aromatic N) is 2. The zero-order valence-electron chi connectivity index (χ0n) is 10.7. The van der Waals surface area contributed by atoms with Gasteiger partial charge in [0.25, 0.3) is 0 Å². The molecule has 5 heteroatoms. The molecule has 1 aromatic heterocycles. The second kappa shape index (κ2) is 3.40. The molecule has 2 fully saturated rings. The van der Waals surface area contributed by atoms with E-state index < -0.39 is 0 Å². The molecule has 0 radical (unpaired) electrons. The fraction of sp³-hybridized carbons (Fsp3) is 0.833.